The second kappa shape index (κ2) is 13.5. The maximum Gasteiger partial charge on any atom is 0.335 e. The van der Waals surface area contributed by atoms with E-state index in [9.17, 15) is 9.59 Å². The molecule has 2 rings (SSSR count). The SMILES string of the molecule is CC(C)C(CO)(CO)C(C)C.O=C(O)c1ccccc1.O=C(O)c1ccccc1. The molecule has 0 bridgehead atoms. The summed E-state index contributed by atoms with van der Waals surface area (Å²) in [5.74, 6) is -1.12. The molecule has 0 aliphatic rings. The smallest absolute Gasteiger partial charge is 0.335 e. The van der Waals surface area contributed by atoms with Gasteiger partial charge in [-0.2, -0.15) is 0 Å². The van der Waals surface area contributed by atoms with Crippen LogP contribution in [-0.2, 0) is 0 Å². The van der Waals surface area contributed by atoms with Gasteiger partial charge in [0.2, 0.25) is 0 Å². The molecule has 4 N–H and O–H groups in total. The molecular weight excluding hydrogens is 372 g/mol. The minimum Gasteiger partial charge on any atom is -0.478 e. The fourth-order valence-electron chi connectivity index (χ4n) is 2.61. The molecule has 29 heavy (non-hydrogen) atoms. The zero-order valence-corrected chi connectivity index (χ0v) is 17.4. The number of carboxylic acids is 2. The van der Waals surface area contributed by atoms with E-state index < -0.39 is 11.9 Å². The van der Waals surface area contributed by atoms with Gasteiger partial charge in [-0.05, 0) is 36.1 Å². The fraction of sp³-hybridized carbons (Fsp3) is 0.391. The maximum atomic E-state index is 10.2. The first-order chi connectivity index (χ1) is 13.6. The van der Waals surface area contributed by atoms with Crippen molar-refractivity contribution >= 4 is 11.9 Å². The highest BCUT2D eigenvalue weighted by Crippen LogP contribution is 2.34. The van der Waals surface area contributed by atoms with Gasteiger partial charge in [-0.1, -0.05) is 64.1 Å². The molecule has 0 saturated carbocycles. The fourth-order valence-corrected chi connectivity index (χ4v) is 2.61. The highest BCUT2D eigenvalue weighted by atomic mass is 16.4. The van der Waals surface area contributed by atoms with Crippen molar-refractivity contribution in [3.63, 3.8) is 0 Å². The second-order valence-electron chi connectivity index (χ2n) is 7.20. The minimum atomic E-state index is -0.879. The van der Waals surface area contributed by atoms with Crippen LogP contribution in [0.1, 0.15) is 48.4 Å². The normalized spacial score (nSPS) is 10.5. The first kappa shape index (κ1) is 26.3. The highest BCUT2D eigenvalue weighted by molar-refractivity contribution is 5.87. The van der Waals surface area contributed by atoms with Gasteiger partial charge in [-0.25, -0.2) is 9.59 Å². The first-order valence-electron chi connectivity index (χ1n) is 9.40. The Balaban J connectivity index is 0.000000408. The summed E-state index contributed by atoms with van der Waals surface area (Å²) in [6.45, 7) is 8.27. The Kier molecular flexibility index (Phi) is 12.2. The predicted molar refractivity (Wildman–Crippen MR) is 113 cm³/mol. The molecule has 0 aliphatic heterocycles. The molecule has 0 spiro atoms. The molecule has 0 fully saturated rings. The van der Waals surface area contributed by atoms with Gasteiger partial charge in [0.25, 0.3) is 0 Å². The molecule has 0 heterocycles. The molecule has 0 saturated heterocycles. The Morgan fingerprint density at radius 3 is 1.07 bits per heavy atom. The second-order valence-corrected chi connectivity index (χ2v) is 7.20. The van der Waals surface area contributed by atoms with Gasteiger partial charge in [0.1, 0.15) is 0 Å². The Bertz CT molecular complexity index is 647. The molecule has 160 valence electrons. The van der Waals surface area contributed by atoms with Crippen LogP contribution in [0.5, 0.6) is 0 Å². The third-order valence-electron chi connectivity index (χ3n) is 4.93. The van der Waals surface area contributed by atoms with Gasteiger partial charge in [-0.15, -0.1) is 0 Å². The van der Waals surface area contributed by atoms with E-state index in [1.165, 1.54) is 0 Å². The molecule has 6 nitrogen and oxygen atoms in total. The zero-order chi connectivity index (χ0) is 22.4. The number of aliphatic hydroxyl groups excluding tert-OH is 2. The van der Waals surface area contributed by atoms with E-state index in [4.69, 9.17) is 20.4 Å². The Morgan fingerprint density at radius 2 is 0.966 bits per heavy atom. The summed E-state index contributed by atoms with van der Waals surface area (Å²) >= 11 is 0. The van der Waals surface area contributed by atoms with Crippen molar-refractivity contribution in [2.75, 3.05) is 13.2 Å². The van der Waals surface area contributed by atoms with E-state index in [-0.39, 0.29) is 18.6 Å². The Hall–Kier alpha value is -2.70. The molecule has 2 aromatic rings. The van der Waals surface area contributed by atoms with Crippen LogP contribution >= 0.6 is 0 Å². The number of aromatic carboxylic acids is 2. The van der Waals surface area contributed by atoms with Gasteiger partial charge in [0.15, 0.2) is 0 Å². The van der Waals surface area contributed by atoms with E-state index in [1.54, 1.807) is 60.7 Å². The Morgan fingerprint density at radius 1 is 0.690 bits per heavy atom. The summed E-state index contributed by atoms with van der Waals surface area (Å²) < 4.78 is 0. The maximum absolute atomic E-state index is 10.2. The number of hydrogen-bond acceptors (Lipinski definition) is 4. The quantitative estimate of drug-likeness (QED) is 0.578. The van der Waals surface area contributed by atoms with Crippen LogP contribution in [0, 0.1) is 17.3 Å². The van der Waals surface area contributed by atoms with Gasteiger partial charge in [-0.3, -0.25) is 0 Å². The number of carbonyl (C=O) groups is 2. The molecule has 0 aliphatic carbocycles. The summed E-state index contributed by atoms with van der Waals surface area (Å²) in [4.78, 5) is 20.4. The first-order valence-corrected chi connectivity index (χ1v) is 9.40. The lowest BCUT2D eigenvalue weighted by Gasteiger charge is -2.37. The number of benzene rings is 2. The van der Waals surface area contributed by atoms with Crippen LogP contribution in [0.15, 0.2) is 60.7 Å². The predicted octanol–water partition coefficient (Wildman–Crippen LogP) is 4.04. The summed E-state index contributed by atoms with van der Waals surface area (Å²) in [5.41, 5.74) is 0.356. The van der Waals surface area contributed by atoms with E-state index in [1.807, 2.05) is 27.7 Å². The monoisotopic (exact) mass is 404 g/mol. The average molecular weight is 405 g/mol. The van der Waals surface area contributed by atoms with Gasteiger partial charge in [0.05, 0.1) is 24.3 Å². The van der Waals surface area contributed by atoms with Crippen molar-refractivity contribution in [1.82, 2.24) is 0 Å². The summed E-state index contributed by atoms with van der Waals surface area (Å²) in [5, 5.41) is 35.1. The van der Waals surface area contributed by atoms with Crippen LogP contribution in [0.2, 0.25) is 0 Å². The lowest BCUT2D eigenvalue weighted by Crippen LogP contribution is -2.40. The standard InChI is InChI=1S/C9H20O2.2C7H6O2/c1-7(2)9(5-10,6-11)8(3)4;2*8-7(9)6-4-2-1-3-5-6/h7-8,10-11H,5-6H2,1-4H3;2*1-5H,(H,8,9). The van der Waals surface area contributed by atoms with Crippen molar-refractivity contribution < 1.29 is 30.0 Å². The van der Waals surface area contributed by atoms with Crippen LogP contribution in [0.25, 0.3) is 0 Å². The highest BCUT2D eigenvalue weighted by Gasteiger charge is 2.35. The van der Waals surface area contributed by atoms with Crippen LogP contribution in [0.4, 0.5) is 0 Å². The zero-order valence-electron chi connectivity index (χ0n) is 17.4. The van der Waals surface area contributed by atoms with Crippen molar-refractivity contribution in [2.45, 2.75) is 27.7 Å². The van der Waals surface area contributed by atoms with Gasteiger partial charge >= 0.3 is 11.9 Å². The average Bonchev–Trinajstić information content (AvgIpc) is 2.71. The summed E-state index contributed by atoms with van der Waals surface area (Å²) in [6, 6.07) is 16.6. The summed E-state index contributed by atoms with van der Waals surface area (Å²) in [7, 11) is 0. The third-order valence-corrected chi connectivity index (χ3v) is 4.93. The van der Waals surface area contributed by atoms with Gasteiger partial charge < -0.3 is 20.4 Å². The van der Waals surface area contributed by atoms with Crippen molar-refractivity contribution in [3.8, 4) is 0 Å². The Labute approximate surface area is 172 Å². The number of rotatable bonds is 6. The lowest BCUT2D eigenvalue weighted by atomic mass is 9.70. The van der Waals surface area contributed by atoms with E-state index >= 15 is 0 Å². The number of carboxylic acid groups (broad SMARTS) is 2. The van der Waals surface area contributed by atoms with E-state index in [2.05, 4.69) is 0 Å². The molecular formula is C23H32O6. The van der Waals surface area contributed by atoms with Crippen LogP contribution in [0.3, 0.4) is 0 Å². The van der Waals surface area contributed by atoms with Crippen LogP contribution < -0.4 is 0 Å². The molecule has 0 amide bonds. The van der Waals surface area contributed by atoms with E-state index in [0.717, 1.165) is 0 Å². The topological polar surface area (TPSA) is 115 Å². The molecule has 6 heteroatoms. The molecule has 0 atom stereocenters. The minimum absolute atomic E-state index is 0.0683. The molecule has 0 aromatic heterocycles. The number of hydrogen-bond donors (Lipinski definition) is 4. The van der Waals surface area contributed by atoms with E-state index in [0.29, 0.717) is 23.0 Å². The number of aliphatic hydroxyl groups is 2. The van der Waals surface area contributed by atoms with Crippen molar-refractivity contribution in [2.24, 2.45) is 17.3 Å². The summed E-state index contributed by atoms with van der Waals surface area (Å²) in [6.07, 6.45) is 0. The van der Waals surface area contributed by atoms with Crippen LogP contribution in [-0.4, -0.2) is 45.6 Å². The third kappa shape index (κ3) is 8.89. The molecule has 0 unspecified atom stereocenters. The lowest BCUT2D eigenvalue weighted by molar-refractivity contribution is -0.0216. The molecule has 2 aromatic carbocycles. The van der Waals surface area contributed by atoms with Crippen molar-refractivity contribution in [3.05, 3.63) is 71.8 Å². The largest absolute Gasteiger partial charge is 0.478 e. The van der Waals surface area contributed by atoms with Gasteiger partial charge in [0, 0.05) is 5.41 Å². The van der Waals surface area contributed by atoms with Crippen molar-refractivity contribution in [1.29, 1.82) is 0 Å². The molecule has 0 radical (unpaired) electrons.